The van der Waals surface area contributed by atoms with Crippen molar-refractivity contribution in [1.29, 1.82) is 0 Å². The summed E-state index contributed by atoms with van der Waals surface area (Å²) < 4.78 is 10.1. The highest BCUT2D eigenvalue weighted by molar-refractivity contribution is 5.89. The van der Waals surface area contributed by atoms with Crippen LogP contribution < -0.4 is 10.1 Å². The molecule has 0 saturated heterocycles. The molecule has 0 unspecified atom stereocenters. The molecule has 0 atom stereocenters. The quantitative estimate of drug-likeness (QED) is 0.747. The van der Waals surface area contributed by atoms with E-state index in [0.29, 0.717) is 18.7 Å². The van der Waals surface area contributed by atoms with Gasteiger partial charge in [0.15, 0.2) is 0 Å². The first-order chi connectivity index (χ1) is 11.8. The zero-order valence-corrected chi connectivity index (χ0v) is 13.1. The van der Waals surface area contributed by atoms with Crippen molar-refractivity contribution < 1.29 is 14.1 Å². The van der Waals surface area contributed by atoms with E-state index < -0.39 is 5.91 Å². The third-order valence-corrected chi connectivity index (χ3v) is 3.37. The topological polar surface area (TPSA) is 90.1 Å². The number of carbonyl (C=O) groups excluding carboxylic acids is 1. The Hall–Kier alpha value is -3.22. The van der Waals surface area contributed by atoms with Gasteiger partial charge in [-0.05, 0) is 36.2 Å². The molecule has 0 bridgehead atoms. The van der Waals surface area contributed by atoms with Crippen LogP contribution in [0, 0.1) is 0 Å². The Kier molecular flexibility index (Phi) is 4.81. The lowest BCUT2D eigenvalue weighted by Gasteiger charge is -2.04. The van der Waals surface area contributed by atoms with Crippen molar-refractivity contribution in [3.8, 4) is 17.3 Å². The number of pyridine rings is 1. The van der Waals surface area contributed by atoms with Crippen LogP contribution in [0.3, 0.4) is 0 Å². The van der Waals surface area contributed by atoms with Crippen molar-refractivity contribution in [3.05, 3.63) is 60.1 Å². The number of benzene rings is 1. The Morgan fingerprint density at radius 3 is 2.75 bits per heavy atom. The Morgan fingerprint density at radius 2 is 2.04 bits per heavy atom. The fourth-order valence-corrected chi connectivity index (χ4v) is 2.10. The largest absolute Gasteiger partial charge is 0.497 e. The van der Waals surface area contributed by atoms with E-state index in [-0.39, 0.29) is 11.7 Å². The van der Waals surface area contributed by atoms with Gasteiger partial charge in [0.05, 0.1) is 7.11 Å². The maximum absolute atomic E-state index is 12.0. The minimum Gasteiger partial charge on any atom is -0.497 e. The molecule has 7 nitrogen and oxygen atoms in total. The summed E-state index contributed by atoms with van der Waals surface area (Å²) in [5.41, 5.74) is 1.65. The van der Waals surface area contributed by atoms with E-state index in [1.165, 1.54) is 0 Å². The van der Waals surface area contributed by atoms with Crippen molar-refractivity contribution >= 4 is 5.91 Å². The van der Waals surface area contributed by atoms with Crippen LogP contribution in [0.2, 0.25) is 0 Å². The van der Waals surface area contributed by atoms with Gasteiger partial charge in [0.2, 0.25) is 5.82 Å². The monoisotopic (exact) mass is 324 g/mol. The summed E-state index contributed by atoms with van der Waals surface area (Å²) in [6.07, 6.45) is 2.32. The standard InChI is InChI=1S/C17H16N4O3/c1-23-13-7-5-12(6-8-13)9-11-19-16(22)17-20-15(21-24-17)14-4-2-3-10-18-14/h2-8,10H,9,11H2,1H3,(H,19,22). The molecule has 3 rings (SSSR count). The number of hydrogen-bond donors (Lipinski definition) is 1. The van der Waals surface area contributed by atoms with Crippen LogP contribution in [0.4, 0.5) is 0 Å². The van der Waals surface area contributed by atoms with Crippen molar-refractivity contribution in [2.24, 2.45) is 0 Å². The second-order valence-corrected chi connectivity index (χ2v) is 4.99. The summed E-state index contributed by atoms with van der Waals surface area (Å²) in [6, 6.07) is 13.0. The molecule has 0 fully saturated rings. The molecule has 3 aromatic rings. The molecule has 0 saturated carbocycles. The minimum absolute atomic E-state index is 0.0783. The van der Waals surface area contributed by atoms with Gasteiger partial charge in [0, 0.05) is 12.7 Å². The fourth-order valence-electron chi connectivity index (χ4n) is 2.10. The van der Waals surface area contributed by atoms with E-state index in [2.05, 4.69) is 20.4 Å². The number of nitrogens with one attached hydrogen (secondary N) is 1. The number of hydrogen-bond acceptors (Lipinski definition) is 6. The highest BCUT2D eigenvalue weighted by Crippen LogP contribution is 2.12. The molecule has 0 aliphatic rings. The third kappa shape index (κ3) is 3.75. The smallest absolute Gasteiger partial charge is 0.316 e. The summed E-state index contributed by atoms with van der Waals surface area (Å²) in [6.45, 7) is 0.465. The van der Waals surface area contributed by atoms with Crippen molar-refractivity contribution in [1.82, 2.24) is 20.4 Å². The molecule has 0 aliphatic heterocycles. The van der Waals surface area contributed by atoms with E-state index in [0.717, 1.165) is 11.3 Å². The summed E-state index contributed by atoms with van der Waals surface area (Å²) in [7, 11) is 1.62. The van der Waals surface area contributed by atoms with Gasteiger partial charge in [-0.25, -0.2) is 0 Å². The van der Waals surface area contributed by atoms with Crippen LogP contribution in [0.15, 0.2) is 53.2 Å². The van der Waals surface area contributed by atoms with Crippen molar-refractivity contribution in [2.75, 3.05) is 13.7 Å². The number of methoxy groups -OCH3 is 1. The molecule has 0 spiro atoms. The Bertz CT molecular complexity index is 800. The Balaban J connectivity index is 1.54. The van der Waals surface area contributed by atoms with E-state index >= 15 is 0 Å². The molecule has 1 amide bonds. The zero-order valence-electron chi connectivity index (χ0n) is 13.1. The maximum Gasteiger partial charge on any atom is 0.316 e. The lowest BCUT2D eigenvalue weighted by atomic mass is 10.1. The minimum atomic E-state index is -0.404. The van der Waals surface area contributed by atoms with Crippen LogP contribution in [0.25, 0.3) is 11.5 Å². The average molecular weight is 324 g/mol. The van der Waals surface area contributed by atoms with Gasteiger partial charge in [-0.2, -0.15) is 4.98 Å². The second kappa shape index (κ2) is 7.36. The molecule has 2 heterocycles. The fraction of sp³-hybridized carbons (Fsp3) is 0.176. The van der Waals surface area contributed by atoms with Crippen molar-refractivity contribution in [3.63, 3.8) is 0 Å². The number of ether oxygens (including phenoxy) is 1. The normalized spacial score (nSPS) is 10.4. The lowest BCUT2D eigenvalue weighted by Crippen LogP contribution is -2.26. The van der Waals surface area contributed by atoms with Gasteiger partial charge < -0.3 is 14.6 Å². The number of nitrogens with zero attached hydrogens (tertiary/aromatic N) is 3. The average Bonchev–Trinajstić information content (AvgIpc) is 3.13. The van der Waals surface area contributed by atoms with Crippen molar-refractivity contribution in [2.45, 2.75) is 6.42 Å². The number of carbonyl (C=O) groups is 1. The van der Waals surface area contributed by atoms with E-state index in [1.807, 2.05) is 30.3 Å². The van der Waals surface area contributed by atoms with Crippen LogP contribution in [0.5, 0.6) is 5.75 Å². The molecular weight excluding hydrogens is 308 g/mol. The SMILES string of the molecule is COc1ccc(CCNC(=O)c2nc(-c3ccccn3)no2)cc1. The van der Waals surface area contributed by atoms with E-state index in [1.54, 1.807) is 25.4 Å². The molecule has 0 aliphatic carbocycles. The van der Waals surface area contributed by atoms with Gasteiger partial charge in [0.1, 0.15) is 11.4 Å². The third-order valence-electron chi connectivity index (χ3n) is 3.37. The van der Waals surface area contributed by atoms with E-state index in [4.69, 9.17) is 9.26 Å². The molecule has 1 N–H and O–H groups in total. The molecular formula is C17H16N4O3. The molecule has 122 valence electrons. The van der Waals surface area contributed by atoms with Gasteiger partial charge in [-0.3, -0.25) is 9.78 Å². The first-order valence-corrected chi connectivity index (χ1v) is 7.42. The summed E-state index contributed by atoms with van der Waals surface area (Å²) in [5.74, 6) is 0.607. The Labute approximate surface area is 138 Å². The number of aromatic nitrogens is 3. The molecule has 2 aromatic heterocycles. The summed E-state index contributed by atoms with van der Waals surface area (Å²) in [4.78, 5) is 20.2. The number of amides is 1. The first kappa shape index (κ1) is 15.7. The number of rotatable bonds is 6. The van der Waals surface area contributed by atoms with Crippen LogP contribution in [-0.2, 0) is 6.42 Å². The predicted octanol–water partition coefficient (Wildman–Crippen LogP) is 2.11. The van der Waals surface area contributed by atoms with Gasteiger partial charge >= 0.3 is 11.8 Å². The van der Waals surface area contributed by atoms with Crippen LogP contribution in [-0.4, -0.2) is 34.7 Å². The first-order valence-electron chi connectivity index (χ1n) is 7.42. The van der Waals surface area contributed by atoms with Gasteiger partial charge in [-0.1, -0.05) is 23.4 Å². The molecule has 24 heavy (non-hydrogen) atoms. The molecule has 1 aromatic carbocycles. The summed E-state index contributed by atoms with van der Waals surface area (Å²) in [5, 5.41) is 6.52. The van der Waals surface area contributed by atoms with Gasteiger partial charge in [-0.15, -0.1) is 0 Å². The van der Waals surface area contributed by atoms with Crippen LogP contribution in [0.1, 0.15) is 16.2 Å². The second-order valence-electron chi connectivity index (χ2n) is 4.99. The van der Waals surface area contributed by atoms with E-state index in [9.17, 15) is 4.79 Å². The lowest BCUT2D eigenvalue weighted by molar-refractivity contribution is 0.0910. The van der Waals surface area contributed by atoms with Crippen LogP contribution >= 0.6 is 0 Å². The Morgan fingerprint density at radius 1 is 1.21 bits per heavy atom. The predicted molar refractivity (Wildman–Crippen MR) is 86.6 cm³/mol. The molecule has 0 radical (unpaired) electrons. The highest BCUT2D eigenvalue weighted by Gasteiger charge is 2.16. The highest BCUT2D eigenvalue weighted by atomic mass is 16.5. The van der Waals surface area contributed by atoms with Gasteiger partial charge in [0.25, 0.3) is 0 Å². The molecule has 7 heteroatoms. The zero-order chi connectivity index (χ0) is 16.8. The summed E-state index contributed by atoms with van der Waals surface area (Å²) >= 11 is 0. The maximum atomic E-state index is 12.0.